The van der Waals surface area contributed by atoms with E-state index < -0.39 is 26.7 Å². The number of carbonyl (C=O) groups excluding carboxylic acids is 1. The van der Waals surface area contributed by atoms with Gasteiger partial charge in [0.2, 0.25) is 5.91 Å². The normalized spacial score (nSPS) is 14.6. The average Bonchev–Trinajstić information content (AvgIpc) is 2.54. The lowest BCUT2D eigenvalue weighted by molar-refractivity contribution is -0.137. The smallest absolute Gasteiger partial charge is 0.326 e. The number of alkyl halides is 3. The van der Waals surface area contributed by atoms with Crippen LogP contribution in [0.5, 0.6) is 0 Å². The number of aryl methyl sites for hydroxylation is 1. The summed E-state index contributed by atoms with van der Waals surface area (Å²) < 4.78 is 65.2. The summed E-state index contributed by atoms with van der Waals surface area (Å²) in [6.45, 7) is 0. The van der Waals surface area contributed by atoms with Crippen LogP contribution in [-0.2, 0) is 27.4 Å². The van der Waals surface area contributed by atoms with Crippen molar-refractivity contribution in [2.45, 2.75) is 23.9 Å². The second-order valence-corrected chi connectivity index (χ2v) is 7.23. The molecule has 0 aliphatic carbocycles. The van der Waals surface area contributed by atoms with Crippen LogP contribution in [0.25, 0.3) is 0 Å². The molecule has 0 unspecified atom stereocenters. The Morgan fingerprint density at radius 2 is 1.80 bits per heavy atom. The molecule has 5 nitrogen and oxygen atoms in total. The fraction of sp³-hybridized carbons (Fsp3) is 0.188. The summed E-state index contributed by atoms with van der Waals surface area (Å²) in [6, 6.07) is 8.07. The first-order valence-corrected chi connectivity index (χ1v) is 8.76. The molecule has 9 heteroatoms. The molecule has 0 aromatic heterocycles. The maximum atomic E-state index is 12.8. The van der Waals surface area contributed by atoms with Gasteiger partial charge in [0.25, 0.3) is 10.0 Å². The molecule has 1 aliphatic heterocycles. The highest BCUT2D eigenvalue weighted by molar-refractivity contribution is 7.92. The lowest BCUT2D eigenvalue weighted by Gasteiger charge is -2.18. The zero-order valence-electron chi connectivity index (χ0n) is 12.7. The van der Waals surface area contributed by atoms with Gasteiger partial charge in [-0.3, -0.25) is 9.52 Å². The average molecular weight is 370 g/mol. The third-order valence-electron chi connectivity index (χ3n) is 3.72. The summed E-state index contributed by atoms with van der Waals surface area (Å²) in [4.78, 5) is 10.8. The van der Waals surface area contributed by atoms with Crippen molar-refractivity contribution in [2.24, 2.45) is 0 Å². The Bertz CT molecular complexity index is 940. The van der Waals surface area contributed by atoms with E-state index in [2.05, 4.69) is 10.0 Å². The second kappa shape index (κ2) is 6.07. The molecule has 2 aromatic carbocycles. The van der Waals surface area contributed by atoms with E-state index in [1.54, 1.807) is 12.1 Å². The van der Waals surface area contributed by atoms with Gasteiger partial charge in [-0.2, -0.15) is 13.2 Å². The van der Waals surface area contributed by atoms with Crippen LogP contribution in [0.3, 0.4) is 0 Å². The van der Waals surface area contributed by atoms with E-state index in [0.29, 0.717) is 18.2 Å². The highest BCUT2D eigenvalue weighted by Gasteiger charge is 2.31. The van der Waals surface area contributed by atoms with Crippen molar-refractivity contribution in [3.05, 3.63) is 53.6 Å². The minimum atomic E-state index is -4.63. The SMILES string of the molecule is O=C1CCc2cc(NS(=O)(=O)c3cccc(C(F)(F)F)c3)ccc2N1. The van der Waals surface area contributed by atoms with Gasteiger partial charge in [0.05, 0.1) is 10.5 Å². The van der Waals surface area contributed by atoms with Crippen LogP contribution < -0.4 is 10.0 Å². The second-order valence-electron chi connectivity index (χ2n) is 5.55. The van der Waals surface area contributed by atoms with E-state index >= 15 is 0 Å². The molecule has 2 N–H and O–H groups in total. The van der Waals surface area contributed by atoms with E-state index in [1.807, 2.05) is 0 Å². The van der Waals surface area contributed by atoms with Crippen LogP contribution in [0.4, 0.5) is 24.5 Å². The van der Waals surface area contributed by atoms with E-state index in [0.717, 1.165) is 23.8 Å². The number of rotatable bonds is 3. The summed E-state index contributed by atoms with van der Waals surface area (Å²) in [6.07, 6.45) is -3.88. The molecule has 0 spiro atoms. The fourth-order valence-electron chi connectivity index (χ4n) is 2.50. The molecule has 2 aromatic rings. The number of hydrogen-bond acceptors (Lipinski definition) is 3. The maximum Gasteiger partial charge on any atom is 0.416 e. The zero-order chi connectivity index (χ0) is 18.2. The van der Waals surface area contributed by atoms with Crippen molar-refractivity contribution >= 4 is 27.3 Å². The molecule has 3 rings (SSSR count). The third-order valence-corrected chi connectivity index (χ3v) is 5.10. The summed E-state index contributed by atoms with van der Waals surface area (Å²) in [7, 11) is -4.17. The molecule has 1 heterocycles. The standard InChI is InChI=1S/C16H13F3N2O3S/c17-16(18,19)11-2-1-3-13(9-11)25(23,24)21-12-5-6-14-10(8-12)4-7-15(22)20-14/h1-3,5-6,8-9,21H,4,7H2,(H,20,22). The van der Waals surface area contributed by atoms with Crippen LogP contribution in [0.2, 0.25) is 0 Å². The van der Waals surface area contributed by atoms with Gasteiger partial charge in [0.1, 0.15) is 0 Å². The monoisotopic (exact) mass is 370 g/mol. The molecule has 0 fully saturated rings. The lowest BCUT2D eigenvalue weighted by atomic mass is 10.0. The quantitative estimate of drug-likeness (QED) is 0.870. The lowest BCUT2D eigenvalue weighted by Crippen LogP contribution is -2.19. The van der Waals surface area contributed by atoms with Crippen molar-refractivity contribution in [1.29, 1.82) is 0 Å². The Balaban J connectivity index is 1.89. The summed E-state index contributed by atoms with van der Waals surface area (Å²) >= 11 is 0. The predicted octanol–water partition coefficient (Wildman–Crippen LogP) is 3.39. The zero-order valence-corrected chi connectivity index (χ0v) is 13.5. The van der Waals surface area contributed by atoms with Gasteiger partial charge in [0, 0.05) is 17.8 Å². The largest absolute Gasteiger partial charge is 0.416 e. The van der Waals surface area contributed by atoms with Gasteiger partial charge in [-0.05, 0) is 48.4 Å². The molecule has 1 aliphatic rings. The topological polar surface area (TPSA) is 75.3 Å². The number of sulfonamides is 1. The number of anilines is 2. The molecule has 132 valence electrons. The predicted molar refractivity (Wildman–Crippen MR) is 85.6 cm³/mol. The third kappa shape index (κ3) is 3.76. The van der Waals surface area contributed by atoms with Gasteiger partial charge < -0.3 is 5.32 Å². The number of benzene rings is 2. The number of carbonyl (C=O) groups is 1. The Labute approximate surface area is 141 Å². The first-order chi connectivity index (χ1) is 11.6. The fourth-order valence-corrected chi connectivity index (χ4v) is 3.60. The van der Waals surface area contributed by atoms with Crippen LogP contribution in [0.15, 0.2) is 47.4 Å². The Morgan fingerprint density at radius 1 is 1.04 bits per heavy atom. The minimum absolute atomic E-state index is 0.121. The Kier molecular flexibility index (Phi) is 4.19. The molecule has 1 amide bonds. The van der Waals surface area contributed by atoms with Crippen LogP contribution in [-0.4, -0.2) is 14.3 Å². The number of amides is 1. The molecule has 0 saturated carbocycles. The summed E-state index contributed by atoms with van der Waals surface area (Å²) in [5.41, 5.74) is 0.526. The molecule has 0 atom stereocenters. The van der Waals surface area contributed by atoms with E-state index in [4.69, 9.17) is 0 Å². The summed E-state index contributed by atoms with van der Waals surface area (Å²) in [5.74, 6) is -0.121. The van der Waals surface area contributed by atoms with E-state index in [9.17, 15) is 26.4 Å². The molecular weight excluding hydrogens is 357 g/mol. The molecule has 0 radical (unpaired) electrons. The van der Waals surface area contributed by atoms with Crippen LogP contribution in [0, 0.1) is 0 Å². The maximum absolute atomic E-state index is 12.8. The van der Waals surface area contributed by atoms with Crippen molar-refractivity contribution in [1.82, 2.24) is 0 Å². The van der Waals surface area contributed by atoms with Gasteiger partial charge in [0.15, 0.2) is 0 Å². The van der Waals surface area contributed by atoms with Gasteiger partial charge in [-0.1, -0.05) is 6.07 Å². The van der Waals surface area contributed by atoms with Gasteiger partial charge in [-0.15, -0.1) is 0 Å². The molecular formula is C16H13F3N2O3S. The number of halogens is 3. The van der Waals surface area contributed by atoms with Crippen molar-refractivity contribution < 1.29 is 26.4 Å². The minimum Gasteiger partial charge on any atom is -0.326 e. The molecule has 0 bridgehead atoms. The Morgan fingerprint density at radius 3 is 2.52 bits per heavy atom. The van der Waals surface area contributed by atoms with Crippen molar-refractivity contribution in [3.63, 3.8) is 0 Å². The highest BCUT2D eigenvalue weighted by atomic mass is 32.2. The number of nitrogens with one attached hydrogen (secondary N) is 2. The number of fused-ring (bicyclic) bond motifs is 1. The van der Waals surface area contributed by atoms with Crippen LogP contribution in [0.1, 0.15) is 17.5 Å². The Hall–Kier alpha value is -2.55. The van der Waals surface area contributed by atoms with Crippen LogP contribution >= 0.6 is 0 Å². The highest BCUT2D eigenvalue weighted by Crippen LogP contribution is 2.31. The van der Waals surface area contributed by atoms with Crippen molar-refractivity contribution in [3.8, 4) is 0 Å². The van der Waals surface area contributed by atoms with Crippen molar-refractivity contribution in [2.75, 3.05) is 10.0 Å². The molecule has 25 heavy (non-hydrogen) atoms. The van der Waals surface area contributed by atoms with Gasteiger partial charge in [-0.25, -0.2) is 8.42 Å². The first-order valence-electron chi connectivity index (χ1n) is 7.28. The number of hydrogen-bond donors (Lipinski definition) is 2. The van der Waals surface area contributed by atoms with Gasteiger partial charge >= 0.3 is 6.18 Å². The first kappa shape index (κ1) is 17.3. The van der Waals surface area contributed by atoms with E-state index in [1.165, 1.54) is 6.07 Å². The molecule has 0 saturated heterocycles. The summed E-state index contributed by atoms with van der Waals surface area (Å²) in [5, 5.41) is 2.66. The van der Waals surface area contributed by atoms with E-state index in [-0.39, 0.29) is 18.0 Å².